The van der Waals surface area contributed by atoms with Crippen LogP contribution < -0.4 is 20.1 Å². The average Bonchev–Trinajstić information content (AvgIpc) is 3.30. The van der Waals surface area contributed by atoms with Gasteiger partial charge in [-0.1, -0.05) is 0 Å². The summed E-state index contributed by atoms with van der Waals surface area (Å²) >= 11 is 0. The maximum absolute atomic E-state index is 12.1. The van der Waals surface area contributed by atoms with Gasteiger partial charge in [0.25, 0.3) is 11.8 Å². The fourth-order valence-corrected chi connectivity index (χ4v) is 2.16. The summed E-state index contributed by atoms with van der Waals surface area (Å²) in [5.41, 5.74) is 0.480. The largest absolute Gasteiger partial charge is 0.459 e. The van der Waals surface area contributed by atoms with Gasteiger partial charge in [-0.25, -0.2) is 0 Å². The van der Waals surface area contributed by atoms with E-state index in [4.69, 9.17) is 18.6 Å². The molecule has 0 radical (unpaired) electrons. The van der Waals surface area contributed by atoms with Gasteiger partial charge in [-0.2, -0.15) is 0 Å². The van der Waals surface area contributed by atoms with Crippen molar-refractivity contribution in [1.29, 1.82) is 0 Å². The normalized spacial score (nSPS) is 13.0. The van der Waals surface area contributed by atoms with Crippen LogP contribution in [-0.2, 0) is 14.3 Å². The van der Waals surface area contributed by atoms with E-state index in [0.29, 0.717) is 17.2 Å². The average molecular weight is 360 g/mol. The standard InChI is InChI=1S/C17H16N2O7/c1-10(26-15(20)8-18-17(22)13-3-2-6-23-13)16(21)19-11-4-5-12-14(7-11)25-9-24-12/h2-7,10H,8-9H2,1H3,(H,18,22)(H,19,21)/t10-/m0/s1. The molecule has 2 N–H and O–H groups in total. The fraction of sp³-hybridized carbons (Fsp3) is 0.235. The van der Waals surface area contributed by atoms with Crippen molar-refractivity contribution in [2.45, 2.75) is 13.0 Å². The van der Waals surface area contributed by atoms with Crippen LogP contribution in [-0.4, -0.2) is 37.2 Å². The van der Waals surface area contributed by atoms with Crippen molar-refractivity contribution >= 4 is 23.5 Å². The summed E-state index contributed by atoms with van der Waals surface area (Å²) in [5.74, 6) is -0.633. The van der Waals surface area contributed by atoms with Crippen LogP contribution in [0.15, 0.2) is 41.0 Å². The number of rotatable bonds is 6. The highest BCUT2D eigenvalue weighted by atomic mass is 16.7. The Morgan fingerprint density at radius 1 is 1.19 bits per heavy atom. The molecule has 1 aliphatic rings. The fourth-order valence-electron chi connectivity index (χ4n) is 2.16. The van der Waals surface area contributed by atoms with Gasteiger partial charge >= 0.3 is 5.97 Å². The molecule has 0 bridgehead atoms. The Labute approximate surface area is 148 Å². The zero-order valence-corrected chi connectivity index (χ0v) is 13.8. The second-order valence-electron chi connectivity index (χ2n) is 5.35. The topological polar surface area (TPSA) is 116 Å². The summed E-state index contributed by atoms with van der Waals surface area (Å²) in [6, 6.07) is 7.93. The first-order valence-corrected chi connectivity index (χ1v) is 7.74. The summed E-state index contributed by atoms with van der Waals surface area (Å²) in [4.78, 5) is 35.5. The number of furan rings is 1. The molecule has 2 amide bonds. The molecule has 3 rings (SSSR count). The Morgan fingerprint density at radius 2 is 2.00 bits per heavy atom. The summed E-state index contributed by atoms with van der Waals surface area (Å²) in [6.07, 6.45) is 0.295. The van der Waals surface area contributed by atoms with Gasteiger partial charge in [-0.3, -0.25) is 14.4 Å². The third kappa shape index (κ3) is 4.12. The molecule has 0 unspecified atom stereocenters. The molecule has 0 spiro atoms. The van der Waals surface area contributed by atoms with Gasteiger partial charge in [0, 0.05) is 11.8 Å². The third-order valence-corrected chi connectivity index (χ3v) is 3.46. The molecule has 0 fully saturated rings. The van der Waals surface area contributed by atoms with E-state index in [1.54, 1.807) is 24.3 Å². The van der Waals surface area contributed by atoms with Gasteiger partial charge in [-0.05, 0) is 31.2 Å². The molecule has 136 valence electrons. The molecule has 1 atom stereocenters. The number of ether oxygens (including phenoxy) is 3. The number of carbonyl (C=O) groups is 3. The smallest absolute Gasteiger partial charge is 0.326 e. The molecular formula is C17H16N2O7. The minimum atomic E-state index is -1.05. The number of hydrogen-bond acceptors (Lipinski definition) is 7. The minimum Gasteiger partial charge on any atom is -0.459 e. The van der Waals surface area contributed by atoms with Crippen LogP contribution in [0.4, 0.5) is 5.69 Å². The first-order valence-electron chi connectivity index (χ1n) is 7.74. The zero-order chi connectivity index (χ0) is 18.5. The molecule has 1 aromatic heterocycles. The maximum atomic E-state index is 12.1. The predicted octanol–water partition coefficient (Wildman–Crippen LogP) is 1.31. The first-order chi connectivity index (χ1) is 12.5. The van der Waals surface area contributed by atoms with Crippen molar-refractivity contribution in [3.8, 4) is 11.5 Å². The zero-order valence-electron chi connectivity index (χ0n) is 13.8. The van der Waals surface area contributed by atoms with E-state index in [1.807, 2.05) is 0 Å². The number of nitrogens with one attached hydrogen (secondary N) is 2. The highest BCUT2D eigenvalue weighted by Gasteiger charge is 2.20. The van der Waals surface area contributed by atoms with Crippen molar-refractivity contribution in [2.75, 3.05) is 18.7 Å². The molecule has 2 heterocycles. The molecule has 26 heavy (non-hydrogen) atoms. The minimum absolute atomic E-state index is 0.0754. The van der Waals surface area contributed by atoms with E-state index in [0.717, 1.165) is 0 Å². The number of esters is 1. The highest BCUT2D eigenvalue weighted by Crippen LogP contribution is 2.34. The Bertz CT molecular complexity index is 817. The van der Waals surface area contributed by atoms with Gasteiger partial charge in [-0.15, -0.1) is 0 Å². The predicted molar refractivity (Wildman–Crippen MR) is 87.8 cm³/mol. The molecule has 2 aromatic rings. The van der Waals surface area contributed by atoms with Crippen LogP contribution in [0.5, 0.6) is 11.5 Å². The van der Waals surface area contributed by atoms with Gasteiger partial charge in [0.15, 0.2) is 23.4 Å². The van der Waals surface area contributed by atoms with Crippen molar-refractivity contribution in [3.05, 3.63) is 42.4 Å². The van der Waals surface area contributed by atoms with Gasteiger partial charge < -0.3 is 29.3 Å². The molecule has 0 saturated heterocycles. The number of fused-ring (bicyclic) bond motifs is 1. The van der Waals surface area contributed by atoms with E-state index in [2.05, 4.69) is 10.6 Å². The van der Waals surface area contributed by atoms with Crippen molar-refractivity contribution in [3.63, 3.8) is 0 Å². The number of anilines is 1. The Hall–Kier alpha value is -3.49. The summed E-state index contributed by atoms with van der Waals surface area (Å²) in [6.45, 7) is 1.17. The third-order valence-electron chi connectivity index (χ3n) is 3.46. The van der Waals surface area contributed by atoms with Crippen LogP contribution >= 0.6 is 0 Å². The molecular weight excluding hydrogens is 344 g/mol. The summed E-state index contributed by atoms with van der Waals surface area (Å²) < 4.78 is 20.3. The second-order valence-corrected chi connectivity index (χ2v) is 5.35. The van der Waals surface area contributed by atoms with Gasteiger partial charge in [0.2, 0.25) is 6.79 Å². The Kier molecular flexibility index (Phi) is 5.07. The van der Waals surface area contributed by atoms with Crippen molar-refractivity contribution in [2.24, 2.45) is 0 Å². The lowest BCUT2D eigenvalue weighted by Crippen LogP contribution is -2.35. The van der Waals surface area contributed by atoms with E-state index < -0.39 is 23.9 Å². The van der Waals surface area contributed by atoms with E-state index in [1.165, 1.54) is 19.3 Å². The van der Waals surface area contributed by atoms with Crippen LogP contribution in [0.2, 0.25) is 0 Å². The SMILES string of the molecule is C[C@H](OC(=O)CNC(=O)c1ccco1)C(=O)Nc1ccc2c(c1)OCO2. The molecule has 9 nitrogen and oxygen atoms in total. The summed E-state index contributed by atoms with van der Waals surface area (Å²) in [7, 11) is 0. The quantitative estimate of drug-likeness (QED) is 0.746. The van der Waals surface area contributed by atoms with Crippen molar-refractivity contribution < 1.29 is 33.0 Å². The van der Waals surface area contributed by atoms with Crippen LogP contribution in [0.25, 0.3) is 0 Å². The van der Waals surface area contributed by atoms with E-state index in [-0.39, 0.29) is 19.1 Å². The lowest BCUT2D eigenvalue weighted by atomic mass is 10.2. The highest BCUT2D eigenvalue weighted by molar-refractivity contribution is 5.96. The number of hydrogen-bond donors (Lipinski definition) is 2. The maximum Gasteiger partial charge on any atom is 0.326 e. The molecule has 9 heteroatoms. The number of benzene rings is 1. The Morgan fingerprint density at radius 3 is 2.77 bits per heavy atom. The summed E-state index contributed by atoms with van der Waals surface area (Å²) in [5, 5.41) is 4.95. The lowest BCUT2D eigenvalue weighted by Gasteiger charge is -2.14. The van der Waals surface area contributed by atoms with E-state index in [9.17, 15) is 14.4 Å². The first kappa shape index (κ1) is 17.3. The van der Waals surface area contributed by atoms with Crippen LogP contribution in [0.3, 0.4) is 0 Å². The van der Waals surface area contributed by atoms with Gasteiger partial charge in [0.1, 0.15) is 6.54 Å². The Balaban J connectivity index is 1.46. The number of carbonyl (C=O) groups excluding carboxylic acids is 3. The monoisotopic (exact) mass is 360 g/mol. The van der Waals surface area contributed by atoms with Crippen LogP contribution in [0.1, 0.15) is 17.5 Å². The number of amides is 2. The van der Waals surface area contributed by atoms with Crippen molar-refractivity contribution in [1.82, 2.24) is 5.32 Å². The van der Waals surface area contributed by atoms with Crippen LogP contribution in [0, 0.1) is 0 Å². The molecule has 0 aliphatic carbocycles. The van der Waals surface area contributed by atoms with E-state index >= 15 is 0 Å². The molecule has 1 aliphatic heterocycles. The lowest BCUT2D eigenvalue weighted by molar-refractivity contribution is -0.152. The molecule has 0 saturated carbocycles. The molecule has 1 aromatic carbocycles. The van der Waals surface area contributed by atoms with Gasteiger partial charge in [0.05, 0.1) is 6.26 Å². The second kappa shape index (κ2) is 7.60.